The van der Waals surface area contributed by atoms with E-state index in [0.717, 1.165) is 5.56 Å². The number of aliphatic hydroxyl groups excluding tert-OH is 1. The van der Waals surface area contributed by atoms with Gasteiger partial charge in [-0.15, -0.1) is 11.3 Å². The van der Waals surface area contributed by atoms with Crippen molar-refractivity contribution in [3.8, 4) is 0 Å². The molecule has 0 saturated carbocycles. The third kappa shape index (κ3) is 3.30. The number of aryl methyl sites for hydroxylation is 1. The highest BCUT2D eigenvalue weighted by Crippen LogP contribution is 2.34. The molecule has 2 aromatic rings. The van der Waals surface area contributed by atoms with E-state index in [0.29, 0.717) is 41.5 Å². The molecule has 1 aromatic carbocycles. The van der Waals surface area contributed by atoms with E-state index >= 15 is 0 Å². The molecule has 0 fully saturated rings. The summed E-state index contributed by atoms with van der Waals surface area (Å²) in [7, 11) is 0. The predicted octanol–water partition coefficient (Wildman–Crippen LogP) is 2.04. The van der Waals surface area contributed by atoms with Gasteiger partial charge in [-0.3, -0.25) is 14.9 Å². The van der Waals surface area contributed by atoms with Gasteiger partial charge in [-0.05, 0) is 18.1 Å². The van der Waals surface area contributed by atoms with Gasteiger partial charge in [0.25, 0.3) is 5.69 Å². The van der Waals surface area contributed by atoms with E-state index in [1.807, 2.05) is 0 Å². The summed E-state index contributed by atoms with van der Waals surface area (Å²) >= 11 is 1.36. The zero-order valence-electron chi connectivity index (χ0n) is 12.0. The molecule has 23 heavy (non-hydrogen) atoms. The molecule has 0 saturated heterocycles. The first-order valence-corrected chi connectivity index (χ1v) is 7.84. The number of hydrogen-bond acceptors (Lipinski definition) is 7. The molecule has 0 atom stereocenters. The zero-order valence-corrected chi connectivity index (χ0v) is 12.9. The minimum Gasteiger partial charge on any atom is -0.390 e. The number of carbonyl (C=O) groups excluding carboxylic acids is 1. The number of carbonyl (C=O) groups is 1. The average Bonchev–Trinajstić information content (AvgIpc) is 2.99. The van der Waals surface area contributed by atoms with Gasteiger partial charge in [0.1, 0.15) is 10.7 Å². The number of anilines is 2. The first-order chi connectivity index (χ1) is 11.1. The second-order valence-electron chi connectivity index (χ2n) is 5.08. The highest BCUT2D eigenvalue weighted by Gasteiger charge is 2.22. The number of nitrogens with zero attached hydrogens (tertiary/aromatic N) is 2. The summed E-state index contributed by atoms with van der Waals surface area (Å²) in [5, 5.41) is 28.4. The fourth-order valence-electron chi connectivity index (χ4n) is 2.38. The molecule has 3 N–H and O–H groups in total. The van der Waals surface area contributed by atoms with Crippen LogP contribution in [-0.2, 0) is 24.4 Å². The number of fused-ring (bicyclic) bond motifs is 1. The summed E-state index contributed by atoms with van der Waals surface area (Å²) in [6.45, 7) is 0.166. The molecule has 1 aliphatic rings. The standard InChI is InChI=1S/C14H14N4O4S/c19-6-9-7-23-14(16-9)5-15-11-4-10-8(1-2-13(20)17-10)3-12(11)18(21)22/h3-4,7,15,19H,1-2,5-6H2,(H,17,20). The molecule has 9 heteroatoms. The Hall–Kier alpha value is -2.52. The van der Waals surface area contributed by atoms with E-state index in [1.54, 1.807) is 11.4 Å². The van der Waals surface area contributed by atoms with Gasteiger partial charge in [-0.2, -0.15) is 0 Å². The molecule has 1 amide bonds. The Morgan fingerprint density at radius 2 is 2.26 bits per heavy atom. The molecule has 1 aromatic heterocycles. The Morgan fingerprint density at radius 3 is 2.96 bits per heavy atom. The number of benzene rings is 1. The van der Waals surface area contributed by atoms with Gasteiger partial charge < -0.3 is 15.7 Å². The summed E-state index contributed by atoms with van der Waals surface area (Å²) in [6, 6.07) is 3.09. The summed E-state index contributed by atoms with van der Waals surface area (Å²) in [5.74, 6) is -0.0928. The van der Waals surface area contributed by atoms with Crippen molar-refractivity contribution < 1.29 is 14.8 Å². The van der Waals surface area contributed by atoms with Gasteiger partial charge in [0.05, 0.1) is 23.8 Å². The third-order valence-electron chi connectivity index (χ3n) is 3.51. The number of rotatable bonds is 5. The van der Waals surface area contributed by atoms with Crippen molar-refractivity contribution in [1.29, 1.82) is 0 Å². The molecule has 1 aliphatic heterocycles. The smallest absolute Gasteiger partial charge is 0.292 e. The van der Waals surface area contributed by atoms with Crippen LogP contribution >= 0.6 is 11.3 Å². The number of nitro groups is 1. The normalized spacial score (nSPS) is 13.3. The number of hydrogen-bond donors (Lipinski definition) is 3. The van der Waals surface area contributed by atoms with Crippen LogP contribution in [0.3, 0.4) is 0 Å². The molecule has 0 unspecified atom stereocenters. The highest BCUT2D eigenvalue weighted by molar-refractivity contribution is 7.09. The molecule has 120 valence electrons. The summed E-state index contributed by atoms with van der Waals surface area (Å²) < 4.78 is 0. The van der Waals surface area contributed by atoms with Crippen LogP contribution in [0.15, 0.2) is 17.5 Å². The fraction of sp³-hybridized carbons (Fsp3) is 0.286. The molecule has 3 rings (SSSR count). The second kappa shape index (κ2) is 6.31. The first-order valence-electron chi connectivity index (χ1n) is 6.96. The fourth-order valence-corrected chi connectivity index (χ4v) is 3.11. The second-order valence-corrected chi connectivity index (χ2v) is 6.02. The van der Waals surface area contributed by atoms with Crippen molar-refractivity contribution in [3.63, 3.8) is 0 Å². The number of nitrogens with one attached hydrogen (secondary N) is 2. The molecule has 0 aliphatic carbocycles. The minimum atomic E-state index is -0.444. The van der Waals surface area contributed by atoms with E-state index in [2.05, 4.69) is 15.6 Å². The Bertz CT molecular complexity index is 774. The Kier molecular flexibility index (Phi) is 4.22. The van der Waals surface area contributed by atoms with E-state index in [9.17, 15) is 14.9 Å². The SMILES string of the molecule is O=C1CCc2cc([N+](=O)[O-])c(NCc3nc(CO)cs3)cc2N1. The molecule has 8 nitrogen and oxygen atoms in total. The first kappa shape index (κ1) is 15.4. The lowest BCUT2D eigenvalue weighted by molar-refractivity contribution is -0.384. The number of amides is 1. The van der Waals surface area contributed by atoms with Gasteiger partial charge >= 0.3 is 0 Å². The van der Waals surface area contributed by atoms with Crippen LogP contribution < -0.4 is 10.6 Å². The number of aromatic nitrogens is 1. The van der Waals surface area contributed by atoms with Crippen LogP contribution in [0.2, 0.25) is 0 Å². The van der Waals surface area contributed by atoms with Gasteiger partial charge in [-0.1, -0.05) is 0 Å². The maximum Gasteiger partial charge on any atom is 0.292 e. The minimum absolute atomic E-state index is 0.0289. The highest BCUT2D eigenvalue weighted by atomic mass is 32.1. The largest absolute Gasteiger partial charge is 0.390 e. The number of nitro benzene ring substituents is 1. The summed E-state index contributed by atoms with van der Waals surface area (Å²) in [5.41, 5.74) is 2.23. The quantitative estimate of drug-likeness (QED) is 0.569. The lowest BCUT2D eigenvalue weighted by atomic mass is 10.0. The maximum atomic E-state index is 11.5. The Balaban J connectivity index is 1.85. The van der Waals surface area contributed by atoms with Crippen molar-refractivity contribution in [1.82, 2.24) is 4.98 Å². The van der Waals surface area contributed by atoms with Crippen LogP contribution in [0.1, 0.15) is 22.7 Å². The molecule has 0 radical (unpaired) electrons. The van der Waals surface area contributed by atoms with E-state index in [1.165, 1.54) is 17.4 Å². The molecule has 0 bridgehead atoms. The third-order valence-corrected chi connectivity index (χ3v) is 4.40. The van der Waals surface area contributed by atoms with Crippen LogP contribution in [0.25, 0.3) is 0 Å². The lowest BCUT2D eigenvalue weighted by Gasteiger charge is -2.18. The average molecular weight is 334 g/mol. The lowest BCUT2D eigenvalue weighted by Crippen LogP contribution is -2.19. The monoisotopic (exact) mass is 334 g/mol. The van der Waals surface area contributed by atoms with Crippen molar-refractivity contribution >= 4 is 34.3 Å². The zero-order chi connectivity index (χ0) is 16.4. The molecular weight excluding hydrogens is 320 g/mol. The van der Waals surface area contributed by atoms with Gasteiger partial charge in [0.2, 0.25) is 5.91 Å². The van der Waals surface area contributed by atoms with Crippen LogP contribution in [-0.4, -0.2) is 20.9 Å². The van der Waals surface area contributed by atoms with E-state index < -0.39 is 4.92 Å². The van der Waals surface area contributed by atoms with Crippen LogP contribution in [0, 0.1) is 10.1 Å². The van der Waals surface area contributed by atoms with E-state index in [-0.39, 0.29) is 18.2 Å². The Labute approximate surface area is 135 Å². The van der Waals surface area contributed by atoms with Crippen molar-refractivity contribution in [2.75, 3.05) is 10.6 Å². The molecule has 2 heterocycles. The van der Waals surface area contributed by atoms with Gasteiger partial charge in [0.15, 0.2) is 0 Å². The topological polar surface area (TPSA) is 117 Å². The predicted molar refractivity (Wildman–Crippen MR) is 85.4 cm³/mol. The van der Waals surface area contributed by atoms with Crippen molar-refractivity contribution in [3.05, 3.63) is 43.9 Å². The van der Waals surface area contributed by atoms with Crippen LogP contribution in [0.4, 0.5) is 17.1 Å². The molecule has 0 spiro atoms. The van der Waals surface area contributed by atoms with Crippen molar-refractivity contribution in [2.24, 2.45) is 0 Å². The maximum absolute atomic E-state index is 11.5. The molecular formula is C14H14N4O4S. The summed E-state index contributed by atoms with van der Waals surface area (Å²) in [6.07, 6.45) is 0.828. The number of thiazole rings is 1. The van der Waals surface area contributed by atoms with E-state index in [4.69, 9.17) is 5.11 Å². The van der Waals surface area contributed by atoms with Crippen LogP contribution in [0.5, 0.6) is 0 Å². The summed E-state index contributed by atoms with van der Waals surface area (Å²) in [4.78, 5) is 26.5. The number of aliphatic hydroxyl groups is 1. The van der Waals surface area contributed by atoms with Gasteiger partial charge in [-0.25, -0.2) is 4.98 Å². The van der Waals surface area contributed by atoms with Gasteiger partial charge in [0, 0.05) is 23.6 Å². The Morgan fingerprint density at radius 1 is 1.43 bits per heavy atom. The van der Waals surface area contributed by atoms with Crippen molar-refractivity contribution in [2.45, 2.75) is 26.0 Å².